The maximum atomic E-state index is 7.80. The van der Waals surface area contributed by atoms with E-state index in [1.54, 1.807) is 0 Å². The predicted molar refractivity (Wildman–Crippen MR) is 223 cm³/mol. The zero-order valence-corrected chi connectivity index (χ0v) is 34.2. The second-order valence-corrected chi connectivity index (χ2v) is 26.5. The molecule has 0 fully saturated rings. The molecule has 0 saturated carbocycles. The summed E-state index contributed by atoms with van der Waals surface area (Å²) in [6.07, 6.45) is 0. The lowest BCUT2D eigenvalue weighted by molar-refractivity contribution is 0.410. The zero-order chi connectivity index (χ0) is 33.8. The van der Waals surface area contributed by atoms with Crippen molar-refractivity contribution in [3.8, 4) is 0 Å². The largest absolute Gasteiger partial charge is 0.426 e. The minimum Gasteiger partial charge on any atom is -0.426 e. The van der Waals surface area contributed by atoms with Crippen LogP contribution in [0.15, 0.2) is 205 Å². The first kappa shape index (κ1) is 34.7. The van der Waals surface area contributed by atoms with Crippen molar-refractivity contribution >= 4 is 75.4 Å². The van der Waals surface area contributed by atoms with Crippen LogP contribution in [0.3, 0.4) is 0 Å². The third kappa shape index (κ3) is 8.70. The molecule has 7 heteroatoms. The fourth-order valence-corrected chi connectivity index (χ4v) is 25.1. The van der Waals surface area contributed by atoms with Gasteiger partial charge in [0.05, 0.1) is 19.0 Å². The van der Waals surface area contributed by atoms with Gasteiger partial charge >= 0.3 is 8.56 Å². The third-order valence-corrected chi connectivity index (χ3v) is 25.2. The molecule has 6 aromatic carbocycles. The molecule has 0 amide bonds. The van der Waals surface area contributed by atoms with E-state index in [0.29, 0.717) is 0 Å². The van der Waals surface area contributed by atoms with Gasteiger partial charge in [0.25, 0.3) is 16.6 Å². The van der Waals surface area contributed by atoms with Crippen molar-refractivity contribution in [2.75, 3.05) is 0 Å². The summed E-state index contributed by atoms with van der Waals surface area (Å²) in [5.74, 6) is 0. The summed E-state index contributed by atoms with van der Waals surface area (Å²) in [5, 5.41) is 7.79. The van der Waals surface area contributed by atoms with Crippen molar-refractivity contribution < 1.29 is 8.23 Å². The van der Waals surface area contributed by atoms with E-state index in [-0.39, 0.29) is 0 Å². The van der Waals surface area contributed by atoms with E-state index >= 15 is 0 Å². The number of benzene rings is 6. The molecule has 2 nitrogen and oxygen atoms in total. The van der Waals surface area contributed by atoms with E-state index in [2.05, 4.69) is 218 Å². The molecule has 244 valence electrons. The lowest BCUT2D eigenvalue weighted by Gasteiger charge is -2.42. The molecule has 0 bridgehead atoms. The number of hydrogen-bond acceptors (Lipinski definition) is 2. The normalized spacial score (nSPS) is 12.9. The van der Waals surface area contributed by atoms with Crippen LogP contribution in [0.5, 0.6) is 0 Å². The second-order valence-electron chi connectivity index (χ2n) is 12.7. The Balaban J connectivity index is 1.47. The van der Waals surface area contributed by atoms with Gasteiger partial charge in [-0.15, -0.1) is 11.4 Å². The summed E-state index contributed by atoms with van der Waals surface area (Å²) < 4.78 is 15.6. The van der Waals surface area contributed by atoms with E-state index in [1.165, 1.54) is 31.1 Å². The van der Waals surface area contributed by atoms with Gasteiger partial charge in [-0.05, 0) is 33.8 Å². The topological polar surface area (TPSA) is 18.5 Å². The molecule has 0 unspecified atom stereocenters. The minimum absolute atomic E-state index is 0.657. The highest BCUT2D eigenvalue weighted by atomic mass is 28.5. The van der Waals surface area contributed by atoms with Crippen LogP contribution >= 0.6 is 0 Å². The summed E-state index contributed by atoms with van der Waals surface area (Å²) >= 11 is 0. The van der Waals surface area contributed by atoms with Crippen molar-refractivity contribution in [2.45, 2.75) is 13.1 Å². The van der Waals surface area contributed by atoms with Crippen LogP contribution in [0.1, 0.15) is 0 Å². The maximum absolute atomic E-state index is 7.80. The average molecular weight is 721 g/mol. The molecule has 0 N–H and O–H groups in total. The molecular weight excluding hydrogens is 677 g/mol. The molecule has 0 aliphatic heterocycles. The van der Waals surface area contributed by atoms with Crippen molar-refractivity contribution in [1.82, 2.24) is 0 Å². The quantitative estimate of drug-likeness (QED) is 0.156. The van der Waals surface area contributed by atoms with E-state index in [1.807, 2.05) is 0 Å². The van der Waals surface area contributed by atoms with Gasteiger partial charge in [-0.25, -0.2) is 0 Å². The Labute approximate surface area is 300 Å². The smallest absolute Gasteiger partial charge is 0.312 e. The van der Waals surface area contributed by atoms with Crippen LogP contribution in [0, 0.1) is 0 Å². The molecular formula is C42H44O2Si5. The summed E-state index contributed by atoms with van der Waals surface area (Å²) in [6, 6.07) is 65.3. The highest BCUT2D eigenvalue weighted by Gasteiger charge is 2.49. The van der Waals surface area contributed by atoms with Crippen LogP contribution in [0.4, 0.5) is 0 Å². The lowest BCUT2D eigenvalue weighted by atomic mass is 10.4. The predicted octanol–water partition coefficient (Wildman–Crippen LogP) is 4.34. The van der Waals surface area contributed by atoms with Crippen LogP contribution in [-0.2, 0) is 8.23 Å². The summed E-state index contributed by atoms with van der Waals surface area (Å²) in [6.45, 7) is 4.53. The van der Waals surface area contributed by atoms with Gasteiger partial charge < -0.3 is 8.23 Å². The Bertz CT molecular complexity index is 1700. The molecule has 0 atom stereocenters. The van der Waals surface area contributed by atoms with Gasteiger partial charge in [0.15, 0.2) is 0 Å². The Kier molecular flexibility index (Phi) is 11.7. The van der Waals surface area contributed by atoms with Crippen molar-refractivity contribution in [3.05, 3.63) is 205 Å². The molecule has 49 heavy (non-hydrogen) atoms. The summed E-state index contributed by atoms with van der Waals surface area (Å²) in [5.41, 5.74) is 9.83. The highest BCUT2D eigenvalue weighted by molar-refractivity contribution is 7.09. The van der Waals surface area contributed by atoms with Gasteiger partial charge in [0.1, 0.15) is 0 Å². The van der Waals surface area contributed by atoms with Gasteiger partial charge in [0, 0.05) is 0 Å². The van der Waals surface area contributed by atoms with Gasteiger partial charge in [-0.1, -0.05) is 204 Å². The third-order valence-electron chi connectivity index (χ3n) is 8.72. The molecule has 0 aliphatic rings. The summed E-state index contributed by atoms with van der Waals surface area (Å²) in [7, 11) is -10.1. The lowest BCUT2D eigenvalue weighted by Crippen LogP contribution is -2.70. The second kappa shape index (κ2) is 16.5. The van der Waals surface area contributed by atoms with Gasteiger partial charge in [-0.2, -0.15) is 0 Å². The van der Waals surface area contributed by atoms with Crippen LogP contribution in [-0.4, -0.2) is 44.2 Å². The van der Waals surface area contributed by atoms with Gasteiger partial charge in [-0.3, -0.25) is 0 Å². The van der Waals surface area contributed by atoms with Crippen LogP contribution < -0.4 is 31.1 Å². The molecule has 0 radical (unpaired) electrons. The molecule has 6 aromatic rings. The first-order valence-corrected chi connectivity index (χ1v) is 26.9. The fourth-order valence-electron chi connectivity index (χ4n) is 6.51. The maximum Gasteiger partial charge on any atom is 0.312 e. The zero-order valence-electron chi connectivity index (χ0n) is 28.4. The molecule has 0 aliphatic carbocycles. The van der Waals surface area contributed by atoms with Crippen molar-refractivity contribution in [3.63, 3.8) is 0 Å². The van der Waals surface area contributed by atoms with E-state index in [4.69, 9.17) is 8.23 Å². The Morgan fingerprint density at radius 3 is 0.878 bits per heavy atom. The summed E-state index contributed by atoms with van der Waals surface area (Å²) in [4.78, 5) is 0. The Morgan fingerprint density at radius 2 is 0.612 bits per heavy atom. The first-order chi connectivity index (χ1) is 24.0. The first-order valence-electron chi connectivity index (χ1n) is 17.0. The monoisotopic (exact) mass is 720 g/mol. The molecule has 0 aromatic heterocycles. The van der Waals surface area contributed by atoms with Crippen molar-refractivity contribution in [2.24, 2.45) is 0 Å². The molecule has 0 saturated heterocycles. The van der Waals surface area contributed by atoms with Crippen LogP contribution in [0.25, 0.3) is 0 Å². The molecule has 0 heterocycles. The fraction of sp³-hybridized carbons (Fsp3) is 0.0476. The number of rotatable bonds is 14. The molecule has 0 spiro atoms. The SMILES string of the molecule is C[Si](C)(O[Si](C=C[SiH2]c1ccccc1)(c1ccccc1)c1ccccc1)O[Si](C=C[SiH2]c1ccccc1)(c1ccccc1)c1ccccc1. The Morgan fingerprint density at radius 1 is 0.367 bits per heavy atom. The number of hydrogen-bond donors (Lipinski definition) is 0. The Hall–Kier alpha value is -4.20. The standard InChI is InChI=1S/C42H44O2Si5/c1-47(2,43-48(39-25-13-5-14-26-39,40-27-15-6-16-28-40)35-33-45-37-21-9-3-10-22-37)44-49(41-29-17-7-18-30-41,42-31-19-8-20-32-42)36-34-46-38-23-11-4-12-24-38/h3-36H,45-46H2,1-2H3. The highest BCUT2D eigenvalue weighted by Crippen LogP contribution is 2.24. The molecule has 6 rings (SSSR count). The van der Waals surface area contributed by atoms with Gasteiger partial charge in [0.2, 0.25) is 0 Å². The van der Waals surface area contributed by atoms with E-state index < -0.39 is 44.2 Å². The average Bonchev–Trinajstić information content (AvgIpc) is 3.16. The van der Waals surface area contributed by atoms with E-state index in [0.717, 1.165) is 0 Å². The van der Waals surface area contributed by atoms with Crippen LogP contribution in [0.2, 0.25) is 13.1 Å². The minimum atomic E-state index is -2.92. The van der Waals surface area contributed by atoms with Crippen molar-refractivity contribution in [1.29, 1.82) is 0 Å². The van der Waals surface area contributed by atoms with E-state index in [9.17, 15) is 0 Å².